The molecule has 29 heavy (non-hydrogen) atoms. The number of fused-ring (bicyclic) bond motifs is 2. The van der Waals surface area contributed by atoms with Gasteiger partial charge in [-0.05, 0) is 60.8 Å². The number of hydrogen-bond donors (Lipinski definition) is 2. The van der Waals surface area contributed by atoms with Crippen molar-refractivity contribution in [1.29, 1.82) is 0 Å². The topological polar surface area (TPSA) is 104 Å². The molecule has 1 aromatic heterocycles. The molecule has 0 spiro atoms. The van der Waals surface area contributed by atoms with Crippen LogP contribution in [0.5, 0.6) is 0 Å². The second kappa shape index (κ2) is 8.99. The fourth-order valence-corrected chi connectivity index (χ4v) is 4.82. The Hall–Kier alpha value is -1.04. The molecule has 2 aliphatic carbocycles. The summed E-state index contributed by atoms with van der Waals surface area (Å²) < 4.78 is 27.2. The summed E-state index contributed by atoms with van der Waals surface area (Å²) in [5.41, 5.74) is 6.19. The van der Waals surface area contributed by atoms with E-state index in [1.165, 1.54) is 23.4 Å². The summed E-state index contributed by atoms with van der Waals surface area (Å²) in [5.74, 6) is 0. The van der Waals surface area contributed by atoms with Gasteiger partial charge in [-0.15, -0.1) is 5.10 Å². The molecule has 8 nitrogen and oxygen atoms in total. The van der Waals surface area contributed by atoms with Crippen LogP contribution in [0.1, 0.15) is 35.1 Å². The van der Waals surface area contributed by atoms with Gasteiger partial charge in [-0.1, -0.05) is 6.07 Å². The maximum Gasteiger partial charge on any atom is 0.333 e. The van der Waals surface area contributed by atoms with E-state index in [0.717, 1.165) is 55.3 Å². The Kier molecular flexibility index (Phi) is 7.01. The van der Waals surface area contributed by atoms with Crippen LogP contribution in [-0.4, -0.2) is 90.1 Å². The van der Waals surface area contributed by atoms with Gasteiger partial charge in [0.2, 0.25) is 0 Å². The van der Waals surface area contributed by atoms with E-state index in [2.05, 4.69) is 26.3 Å². The number of sulfonamides is 1. The van der Waals surface area contributed by atoms with Crippen LogP contribution in [0, 0.1) is 0 Å². The molecule has 0 saturated heterocycles. The number of benzene rings is 1. The first-order valence-corrected chi connectivity index (χ1v) is 10.8. The monoisotopic (exact) mass is 440 g/mol. The largest absolute Gasteiger partial charge is 0.376 e. The van der Waals surface area contributed by atoms with Gasteiger partial charge in [-0.3, -0.25) is 0 Å². The maximum absolute atomic E-state index is 12.6. The zero-order valence-corrected chi connectivity index (χ0v) is 20.9. The van der Waals surface area contributed by atoms with Crippen LogP contribution in [0.25, 0.3) is 0 Å². The van der Waals surface area contributed by atoms with Crippen molar-refractivity contribution < 1.29 is 13.2 Å². The van der Waals surface area contributed by atoms with Crippen LogP contribution >= 0.6 is 0 Å². The van der Waals surface area contributed by atoms with Crippen LogP contribution in [-0.2, 0) is 35.7 Å². The van der Waals surface area contributed by atoms with E-state index in [4.69, 9.17) is 0 Å². The summed E-state index contributed by atoms with van der Waals surface area (Å²) in [6.07, 6.45) is 7.38. The van der Waals surface area contributed by atoms with Gasteiger partial charge in [0.25, 0.3) is 10.0 Å². The second-order valence-electron chi connectivity index (χ2n) is 7.44. The maximum atomic E-state index is 12.6. The number of nitrogens with one attached hydrogen (secondary N) is 2. The van der Waals surface area contributed by atoms with Crippen molar-refractivity contribution in [1.82, 2.24) is 14.9 Å². The number of urea groups is 1. The Bertz CT molecular complexity index is 1020. The Morgan fingerprint density at radius 3 is 2.24 bits per heavy atom. The third-order valence-corrected chi connectivity index (χ3v) is 6.55. The number of anilines is 2. The number of nitrogens with zero attached hydrogens (tertiary/aromatic N) is 3. The Balaban J connectivity index is 0.00000240. The Labute approximate surface area is 213 Å². The van der Waals surface area contributed by atoms with E-state index < -0.39 is 16.1 Å². The van der Waals surface area contributed by atoms with Crippen LogP contribution in [0.4, 0.5) is 16.2 Å². The van der Waals surface area contributed by atoms with Gasteiger partial charge in [0.05, 0.1) is 11.9 Å². The zero-order chi connectivity index (χ0) is 19.9. The first-order valence-electron chi connectivity index (χ1n) is 9.35. The average molecular weight is 441 g/mol. The molecular weight excluding hydrogens is 417 g/mol. The van der Waals surface area contributed by atoms with Crippen molar-refractivity contribution in [2.75, 3.05) is 24.3 Å². The molecule has 0 saturated carbocycles. The summed E-state index contributed by atoms with van der Waals surface area (Å²) in [7, 11) is -0.590. The number of aromatic nitrogens is 2. The minimum atomic E-state index is -4.13. The minimum Gasteiger partial charge on any atom is -0.376 e. The van der Waals surface area contributed by atoms with E-state index >= 15 is 0 Å². The molecule has 4 rings (SSSR count). The van der Waals surface area contributed by atoms with Crippen molar-refractivity contribution in [2.24, 2.45) is 0 Å². The normalized spacial score (nSPS) is 14.6. The summed E-state index contributed by atoms with van der Waals surface area (Å²) in [6.45, 7) is 0. The van der Waals surface area contributed by atoms with Gasteiger partial charge in [-0.2, -0.15) is 13.5 Å². The molecule has 2 aromatic rings. The Morgan fingerprint density at radius 2 is 1.66 bits per heavy atom. The molecule has 0 bridgehead atoms. The molecule has 0 fully saturated rings. The van der Waals surface area contributed by atoms with Crippen molar-refractivity contribution in [3.8, 4) is 0 Å². The van der Waals surface area contributed by atoms with Crippen LogP contribution in [0.15, 0.2) is 23.4 Å². The van der Waals surface area contributed by atoms with E-state index in [1.807, 2.05) is 0 Å². The third kappa shape index (κ3) is 4.67. The molecule has 149 valence electrons. The summed E-state index contributed by atoms with van der Waals surface area (Å²) in [6, 6.07) is 2.86. The van der Waals surface area contributed by atoms with Crippen LogP contribution in [0.3, 0.4) is 0 Å². The van der Waals surface area contributed by atoms with E-state index in [1.54, 1.807) is 19.0 Å². The van der Waals surface area contributed by atoms with Gasteiger partial charge in [0.1, 0.15) is 0 Å². The van der Waals surface area contributed by atoms with Crippen LogP contribution < -0.4 is 14.9 Å². The fraction of sp³-hybridized carbons (Fsp3) is 0.421. The fourth-order valence-electron chi connectivity index (χ4n) is 3.99. The zero-order valence-electron chi connectivity index (χ0n) is 16.9. The molecule has 0 unspecified atom stereocenters. The van der Waals surface area contributed by atoms with Gasteiger partial charge >= 0.3 is 6.03 Å². The summed E-state index contributed by atoms with van der Waals surface area (Å²) in [5, 5.41) is 9.90. The summed E-state index contributed by atoms with van der Waals surface area (Å²) >= 11 is 0. The molecule has 10 heteroatoms. The molecule has 0 atom stereocenters. The third-order valence-electron chi connectivity index (χ3n) is 5.35. The van der Waals surface area contributed by atoms with Gasteiger partial charge < -0.3 is 10.2 Å². The van der Waals surface area contributed by atoms with Gasteiger partial charge in [0, 0.05) is 77.2 Å². The van der Waals surface area contributed by atoms with E-state index in [-0.39, 0.29) is 56.4 Å². The molecule has 2 N–H and O–H groups in total. The average Bonchev–Trinajstić information content (AvgIpc) is 3.30. The van der Waals surface area contributed by atoms with Crippen molar-refractivity contribution in [2.45, 2.75) is 43.6 Å². The van der Waals surface area contributed by atoms with Crippen molar-refractivity contribution >= 4 is 78.8 Å². The SMILES string of the molecule is CN(C)c1cnnc(S(=O)(=O)NC(=O)Nc2c3c(cc4c2CCC4)CCC3)c1.[K]. The molecule has 1 radical (unpaired) electrons. The second-order valence-corrected chi connectivity index (χ2v) is 9.07. The standard InChI is InChI=1S/C19H23N5O3S.K/c1-24(2)14-10-17(22-20-11-14)28(26,27)23-19(25)21-18-15-7-3-5-12(15)9-13-6-4-8-16(13)18;/h9-11H,3-8H2,1-2H3,(H2,21,23,25);. The van der Waals surface area contributed by atoms with E-state index in [0.29, 0.717) is 5.69 Å². The number of aryl methyl sites for hydroxylation is 2. The molecular formula is C19H23KN5O3S. The first kappa shape index (κ1) is 22.6. The molecule has 0 aliphatic heterocycles. The number of rotatable bonds is 4. The molecule has 1 aromatic carbocycles. The van der Waals surface area contributed by atoms with Crippen molar-refractivity contribution in [3.05, 3.63) is 40.6 Å². The number of hydrogen-bond acceptors (Lipinski definition) is 6. The number of carbonyl (C=O) groups excluding carboxylic acids is 1. The van der Waals surface area contributed by atoms with E-state index in [9.17, 15) is 13.2 Å². The quantitative estimate of drug-likeness (QED) is 0.701. The first-order chi connectivity index (χ1) is 13.3. The predicted molar refractivity (Wildman–Crippen MR) is 112 cm³/mol. The number of amides is 2. The molecule has 1 heterocycles. The van der Waals surface area contributed by atoms with Gasteiger partial charge in [0.15, 0.2) is 5.03 Å². The smallest absolute Gasteiger partial charge is 0.333 e. The number of carbonyl (C=O) groups is 1. The van der Waals surface area contributed by atoms with Gasteiger partial charge in [-0.25, -0.2) is 9.52 Å². The summed E-state index contributed by atoms with van der Waals surface area (Å²) in [4.78, 5) is 14.3. The predicted octanol–water partition coefficient (Wildman–Crippen LogP) is 1.65. The van der Waals surface area contributed by atoms with Crippen LogP contribution in [0.2, 0.25) is 0 Å². The van der Waals surface area contributed by atoms with Crippen molar-refractivity contribution in [3.63, 3.8) is 0 Å². The Morgan fingerprint density at radius 1 is 1.03 bits per heavy atom. The molecule has 2 amide bonds. The molecule has 2 aliphatic rings. The minimum absolute atomic E-state index is 0.